The van der Waals surface area contributed by atoms with Gasteiger partial charge in [0, 0.05) is 31.5 Å². The van der Waals surface area contributed by atoms with Gasteiger partial charge < -0.3 is 67.3 Å². The lowest BCUT2D eigenvalue weighted by Crippen LogP contribution is -2.54. The van der Waals surface area contributed by atoms with Crippen LogP contribution in [0.15, 0.2) is 18.2 Å². The van der Waals surface area contributed by atoms with Crippen molar-refractivity contribution in [1.29, 1.82) is 0 Å². The molecule has 1 fully saturated rings. The van der Waals surface area contributed by atoms with E-state index in [2.05, 4.69) is 10.6 Å². The van der Waals surface area contributed by atoms with E-state index in [1.807, 2.05) is 0 Å². The van der Waals surface area contributed by atoms with Crippen LogP contribution in [-0.2, 0) is 76.0 Å². The number of piperidine rings is 1. The Morgan fingerprint density at radius 3 is 1.42 bits per heavy atom. The summed E-state index contributed by atoms with van der Waals surface area (Å²) in [4.78, 5) is 72.9. The van der Waals surface area contributed by atoms with Gasteiger partial charge in [0.15, 0.2) is 0 Å². The molecule has 0 spiro atoms. The minimum atomic E-state index is -1.02. The van der Waals surface area contributed by atoms with Crippen LogP contribution in [0.5, 0.6) is 0 Å². The first kappa shape index (κ1) is 55.1. The predicted octanol–water partition coefficient (Wildman–Crippen LogP) is 0.871. The van der Waals surface area contributed by atoms with Gasteiger partial charge in [-0.1, -0.05) is 6.07 Å². The topological polar surface area (TPSA) is 261 Å². The normalized spacial score (nSPS) is 14.8. The average molecular weight is 930 g/mol. The first-order chi connectivity index (χ1) is 31.8. The zero-order valence-electron chi connectivity index (χ0n) is 37.3. The second kappa shape index (κ2) is 36.0. The number of fused-ring (bicyclic) bond motifs is 1. The predicted molar refractivity (Wildman–Crippen MR) is 228 cm³/mol. The maximum Gasteiger partial charge on any atom is 0.305 e. The lowest BCUT2D eigenvalue weighted by molar-refractivity contribution is -0.146. The second-order valence-corrected chi connectivity index (χ2v) is 14.2. The maximum absolute atomic E-state index is 13.2. The summed E-state index contributed by atoms with van der Waals surface area (Å²) in [7, 11) is 0. The van der Waals surface area contributed by atoms with Crippen LogP contribution >= 0.6 is 0 Å². The molecule has 0 saturated carbocycles. The van der Waals surface area contributed by atoms with Gasteiger partial charge in [0.05, 0.1) is 156 Å². The van der Waals surface area contributed by atoms with E-state index in [9.17, 15) is 28.8 Å². The number of carboxylic acids is 1. The Labute approximate surface area is 379 Å². The molecule has 65 heavy (non-hydrogen) atoms. The number of unbranched alkanes of at least 4 members (excludes halogenated alkanes) is 1. The molecule has 3 rings (SSSR count). The molecule has 0 aromatic heterocycles. The number of carbonyl (C=O) groups excluding carboxylic acids is 5. The lowest BCUT2D eigenvalue weighted by Gasteiger charge is -2.27. The van der Waals surface area contributed by atoms with Crippen LogP contribution in [0.25, 0.3) is 0 Å². The van der Waals surface area contributed by atoms with E-state index in [1.54, 1.807) is 18.2 Å². The van der Waals surface area contributed by atoms with Crippen molar-refractivity contribution in [1.82, 2.24) is 10.2 Å². The molecule has 368 valence electrons. The Balaban J connectivity index is 0.957. The quantitative estimate of drug-likeness (QED) is 0.0466. The maximum atomic E-state index is 13.2. The van der Waals surface area contributed by atoms with E-state index < -0.39 is 35.6 Å². The number of nitrogens with zero attached hydrogens (tertiary/aromatic N) is 1. The molecule has 0 aliphatic carbocycles. The number of anilines is 1. The fourth-order valence-corrected chi connectivity index (χ4v) is 6.05. The molecule has 0 bridgehead atoms. The van der Waals surface area contributed by atoms with Gasteiger partial charge in [-0.2, -0.15) is 0 Å². The van der Waals surface area contributed by atoms with Gasteiger partial charge in [0.2, 0.25) is 11.8 Å². The van der Waals surface area contributed by atoms with Gasteiger partial charge in [0.1, 0.15) is 12.6 Å². The number of benzene rings is 1. The largest absolute Gasteiger partial charge is 0.481 e. The zero-order valence-corrected chi connectivity index (χ0v) is 37.3. The highest BCUT2D eigenvalue weighted by molar-refractivity contribution is 6.25. The van der Waals surface area contributed by atoms with E-state index in [-0.39, 0.29) is 56.0 Å². The molecule has 1 saturated heterocycles. The van der Waals surface area contributed by atoms with Crippen molar-refractivity contribution >= 4 is 41.3 Å². The lowest BCUT2D eigenvalue weighted by atomic mass is 10.0. The number of imide groups is 2. The summed E-state index contributed by atoms with van der Waals surface area (Å²) in [5.41, 5.74) is 0.883. The highest BCUT2D eigenvalue weighted by Crippen LogP contribution is 2.32. The molecule has 1 atom stereocenters. The third-order valence-corrected chi connectivity index (χ3v) is 9.26. The van der Waals surface area contributed by atoms with Crippen molar-refractivity contribution in [3.63, 3.8) is 0 Å². The Bertz CT molecular complexity index is 1540. The van der Waals surface area contributed by atoms with Crippen molar-refractivity contribution in [2.24, 2.45) is 0 Å². The molecule has 4 amide bonds. The molecular formula is C43H67N3O19. The number of hydrogen-bond acceptors (Lipinski definition) is 19. The Hall–Kier alpha value is -4.20. The molecule has 1 unspecified atom stereocenters. The number of nitrogens with one attached hydrogen (secondary N) is 2. The SMILES string of the molecule is O=C(O)CCCCC(=O)OCCOCCOCCOCCOCCOCCOCCOCCOCCOCCOCCOCCNc1cccc2c1C(=O)N(C1CCC(=O)NC1=O)C2=O. The zero-order chi connectivity index (χ0) is 46.6. The van der Waals surface area contributed by atoms with Crippen molar-refractivity contribution in [2.75, 3.05) is 164 Å². The Morgan fingerprint density at radius 2 is 0.985 bits per heavy atom. The van der Waals surface area contributed by atoms with Crippen LogP contribution in [-0.4, -0.2) is 210 Å². The third kappa shape index (κ3) is 24.8. The van der Waals surface area contributed by atoms with Gasteiger partial charge >= 0.3 is 11.9 Å². The van der Waals surface area contributed by atoms with E-state index in [0.29, 0.717) is 164 Å². The van der Waals surface area contributed by atoms with Gasteiger partial charge in [-0.25, -0.2) is 0 Å². The van der Waals surface area contributed by atoms with Crippen LogP contribution in [0.4, 0.5) is 5.69 Å². The number of rotatable bonds is 43. The van der Waals surface area contributed by atoms with Crippen LogP contribution in [0.3, 0.4) is 0 Å². The summed E-state index contributed by atoms with van der Waals surface area (Å²) in [6.45, 7) is 9.63. The summed E-state index contributed by atoms with van der Waals surface area (Å²) in [6.07, 6.45) is 1.34. The smallest absolute Gasteiger partial charge is 0.305 e. The molecule has 2 heterocycles. The van der Waals surface area contributed by atoms with Crippen molar-refractivity contribution in [3.8, 4) is 0 Å². The highest BCUT2D eigenvalue weighted by atomic mass is 16.6. The molecule has 0 radical (unpaired) electrons. The van der Waals surface area contributed by atoms with Crippen LogP contribution in [0.1, 0.15) is 59.2 Å². The van der Waals surface area contributed by atoms with E-state index in [0.717, 1.165) is 4.90 Å². The number of carbonyl (C=O) groups is 6. The van der Waals surface area contributed by atoms with Crippen molar-refractivity contribution in [2.45, 2.75) is 44.6 Å². The van der Waals surface area contributed by atoms with Gasteiger partial charge in [-0.15, -0.1) is 0 Å². The highest BCUT2D eigenvalue weighted by Gasteiger charge is 2.45. The molecule has 22 nitrogen and oxygen atoms in total. The number of carboxylic acid groups (broad SMARTS) is 1. The third-order valence-electron chi connectivity index (χ3n) is 9.26. The summed E-state index contributed by atoms with van der Waals surface area (Å²) in [5, 5.41) is 13.9. The van der Waals surface area contributed by atoms with Crippen LogP contribution < -0.4 is 10.6 Å². The molecule has 22 heteroatoms. The fraction of sp³-hybridized carbons (Fsp3) is 0.721. The summed E-state index contributed by atoms with van der Waals surface area (Å²) >= 11 is 0. The number of hydrogen-bond donors (Lipinski definition) is 3. The van der Waals surface area contributed by atoms with Crippen molar-refractivity contribution < 1.29 is 90.7 Å². The van der Waals surface area contributed by atoms with E-state index in [4.69, 9.17) is 61.9 Å². The van der Waals surface area contributed by atoms with Crippen LogP contribution in [0.2, 0.25) is 0 Å². The average Bonchev–Trinajstić information content (AvgIpc) is 3.54. The number of amides is 4. The number of esters is 1. The standard InChI is InChI=1S/C43H67N3O19/c47-37-9-8-36(41(51)45-37)46-42(52)34-4-3-5-35(40(34)43(46)53)44-10-11-54-12-13-55-14-15-56-16-17-57-18-19-58-20-21-59-22-23-60-24-25-61-26-27-62-28-29-63-30-31-64-32-33-65-39(50)7-2-1-6-38(48)49/h3-5,36,44H,1-2,6-33H2,(H,48,49)(H,45,47,51). The number of aliphatic carboxylic acids is 1. The Kier molecular flexibility index (Phi) is 30.5. The monoisotopic (exact) mass is 929 g/mol. The minimum absolute atomic E-state index is 0.0490. The minimum Gasteiger partial charge on any atom is -0.481 e. The second-order valence-electron chi connectivity index (χ2n) is 14.2. The molecule has 1 aromatic carbocycles. The van der Waals surface area contributed by atoms with Gasteiger partial charge in [-0.05, 0) is 31.4 Å². The van der Waals surface area contributed by atoms with E-state index in [1.165, 1.54) is 0 Å². The van der Waals surface area contributed by atoms with Crippen LogP contribution in [0, 0.1) is 0 Å². The fourth-order valence-electron chi connectivity index (χ4n) is 6.05. The Morgan fingerprint density at radius 1 is 0.569 bits per heavy atom. The summed E-state index contributed by atoms with van der Waals surface area (Å²) in [6, 6.07) is 3.88. The van der Waals surface area contributed by atoms with Crippen molar-refractivity contribution in [3.05, 3.63) is 29.3 Å². The van der Waals surface area contributed by atoms with Gasteiger partial charge in [-0.3, -0.25) is 39.0 Å². The first-order valence-electron chi connectivity index (χ1n) is 22.1. The van der Waals surface area contributed by atoms with Gasteiger partial charge in [0.25, 0.3) is 11.8 Å². The molecule has 2 aliphatic rings. The van der Waals surface area contributed by atoms with E-state index >= 15 is 0 Å². The first-order valence-corrected chi connectivity index (χ1v) is 22.1. The molecule has 3 N–H and O–H groups in total. The number of ether oxygens (including phenoxy) is 12. The molecule has 2 aliphatic heterocycles. The summed E-state index contributed by atoms with van der Waals surface area (Å²) < 4.78 is 65.3. The summed E-state index contributed by atoms with van der Waals surface area (Å²) in [5.74, 6) is -3.43. The molecular weight excluding hydrogens is 862 g/mol. The molecule has 1 aromatic rings.